The van der Waals surface area contributed by atoms with E-state index in [1.165, 1.54) is 18.2 Å². The predicted molar refractivity (Wildman–Crippen MR) is 74.5 cm³/mol. The Morgan fingerprint density at radius 3 is 2.65 bits per heavy atom. The van der Waals surface area contributed by atoms with Gasteiger partial charge in [0.1, 0.15) is 18.2 Å². The number of nitrogens with zero attached hydrogens (tertiary/aromatic N) is 3. The fourth-order valence-corrected chi connectivity index (χ4v) is 2.23. The molecule has 0 N–H and O–H groups in total. The summed E-state index contributed by atoms with van der Waals surface area (Å²) in [6, 6.07) is 5.55. The molecule has 1 aliphatic rings. The lowest BCUT2D eigenvalue weighted by molar-refractivity contribution is -0.274. The predicted octanol–water partition coefficient (Wildman–Crippen LogP) is 3.03. The Labute approximate surface area is 130 Å². The molecule has 23 heavy (non-hydrogen) atoms. The van der Waals surface area contributed by atoms with Crippen molar-refractivity contribution in [3.8, 4) is 17.5 Å². The van der Waals surface area contributed by atoms with Crippen LogP contribution in [0, 0.1) is 0 Å². The van der Waals surface area contributed by atoms with Gasteiger partial charge < -0.3 is 19.1 Å². The van der Waals surface area contributed by atoms with E-state index < -0.39 is 6.36 Å². The van der Waals surface area contributed by atoms with Crippen molar-refractivity contribution in [1.82, 2.24) is 9.55 Å². The summed E-state index contributed by atoms with van der Waals surface area (Å²) in [7, 11) is 3.58. The van der Waals surface area contributed by atoms with E-state index in [-0.39, 0.29) is 17.5 Å². The van der Waals surface area contributed by atoms with Crippen molar-refractivity contribution in [2.24, 2.45) is 7.05 Å². The van der Waals surface area contributed by atoms with Crippen LogP contribution in [-0.4, -0.2) is 29.7 Å². The van der Waals surface area contributed by atoms with Crippen LogP contribution in [0.4, 0.5) is 19.0 Å². The molecule has 1 aliphatic heterocycles. The van der Waals surface area contributed by atoms with E-state index in [0.29, 0.717) is 13.3 Å². The van der Waals surface area contributed by atoms with Crippen LogP contribution in [0.15, 0.2) is 24.3 Å². The van der Waals surface area contributed by atoms with Gasteiger partial charge in [0.15, 0.2) is 5.82 Å². The quantitative estimate of drug-likeness (QED) is 0.866. The van der Waals surface area contributed by atoms with E-state index in [1.807, 2.05) is 11.9 Å². The van der Waals surface area contributed by atoms with Gasteiger partial charge in [-0.05, 0) is 12.1 Å². The third-order valence-corrected chi connectivity index (χ3v) is 3.28. The molecule has 0 atom stereocenters. The lowest BCUT2D eigenvalue weighted by Crippen LogP contribution is -2.27. The lowest BCUT2D eigenvalue weighted by Gasteiger charge is -2.23. The number of aromatic nitrogens is 2. The van der Waals surface area contributed by atoms with E-state index in [0.717, 1.165) is 17.6 Å². The molecule has 9 heteroatoms. The smallest absolute Gasteiger partial charge is 0.425 e. The Morgan fingerprint density at radius 1 is 1.22 bits per heavy atom. The van der Waals surface area contributed by atoms with Crippen LogP contribution in [0.5, 0.6) is 17.5 Å². The topological polar surface area (TPSA) is 48.8 Å². The molecule has 0 aliphatic carbocycles. The molecule has 1 aromatic heterocycles. The van der Waals surface area contributed by atoms with E-state index in [2.05, 4.69) is 9.72 Å². The maximum absolute atomic E-state index is 12.3. The number of anilines is 1. The Hall–Kier alpha value is -2.42. The van der Waals surface area contributed by atoms with Gasteiger partial charge in [0.05, 0.1) is 12.3 Å². The number of fused-ring (bicyclic) bond motifs is 1. The Balaban J connectivity index is 1.84. The second-order valence-electron chi connectivity index (χ2n) is 5.02. The van der Waals surface area contributed by atoms with Gasteiger partial charge in [0.25, 0.3) is 0 Å². The summed E-state index contributed by atoms with van der Waals surface area (Å²) in [5, 5.41) is 0. The highest BCUT2D eigenvalue weighted by atomic mass is 19.4. The van der Waals surface area contributed by atoms with E-state index >= 15 is 0 Å². The van der Waals surface area contributed by atoms with Crippen molar-refractivity contribution in [1.29, 1.82) is 0 Å². The Bertz CT molecular complexity index is 715. The highest BCUT2D eigenvalue weighted by Gasteiger charge is 2.31. The van der Waals surface area contributed by atoms with Crippen molar-refractivity contribution in [2.45, 2.75) is 13.0 Å². The number of benzene rings is 1. The Kier molecular flexibility index (Phi) is 3.80. The highest BCUT2D eigenvalue weighted by molar-refractivity contribution is 5.47. The summed E-state index contributed by atoms with van der Waals surface area (Å²) < 4.78 is 53.3. The number of halogens is 3. The van der Waals surface area contributed by atoms with Gasteiger partial charge in [-0.1, -0.05) is 6.07 Å². The van der Waals surface area contributed by atoms with Gasteiger partial charge in [0.2, 0.25) is 0 Å². The van der Waals surface area contributed by atoms with Crippen LogP contribution in [-0.2, 0) is 18.4 Å². The molecule has 0 saturated heterocycles. The van der Waals surface area contributed by atoms with Crippen molar-refractivity contribution < 1.29 is 27.4 Å². The van der Waals surface area contributed by atoms with E-state index in [1.54, 1.807) is 11.6 Å². The minimum Gasteiger partial charge on any atom is -0.425 e. The normalized spacial score (nSPS) is 14.6. The first-order valence-electron chi connectivity index (χ1n) is 6.71. The molecule has 0 saturated carbocycles. The minimum absolute atomic E-state index is 0.195. The van der Waals surface area contributed by atoms with Gasteiger partial charge in [0, 0.05) is 20.2 Å². The number of hydrogen-bond acceptors (Lipinski definition) is 5. The summed E-state index contributed by atoms with van der Waals surface area (Å²) in [6.07, 6.45) is -4.75. The molecule has 2 heterocycles. The molecule has 0 amide bonds. The van der Waals surface area contributed by atoms with Crippen LogP contribution in [0.25, 0.3) is 0 Å². The monoisotopic (exact) mass is 329 g/mol. The molecule has 1 aromatic carbocycles. The summed E-state index contributed by atoms with van der Waals surface area (Å²) in [5.41, 5.74) is 0.830. The molecule has 0 radical (unpaired) electrons. The molecule has 6 nitrogen and oxygen atoms in total. The number of rotatable bonds is 3. The first kappa shape index (κ1) is 15.5. The largest absolute Gasteiger partial charge is 0.573 e. The number of ether oxygens (including phenoxy) is 3. The number of imidazole rings is 1. The first-order chi connectivity index (χ1) is 10.8. The van der Waals surface area contributed by atoms with Gasteiger partial charge in [-0.15, -0.1) is 13.2 Å². The molecule has 0 spiro atoms. The first-order valence-corrected chi connectivity index (χ1v) is 6.71. The average Bonchev–Trinajstić information content (AvgIpc) is 2.76. The molecule has 0 unspecified atom stereocenters. The number of hydrogen-bond donors (Lipinski definition) is 0. The second-order valence-corrected chi connectivity index (χ2v) is 5.02. The molecule has 3 rings (SSSR count). The van der Waals surface area contributed by atoms with Crippen molar-refractivity contribution in [2.75, 3.05) is 18.7 Å². The molecular formula is C14H14F3N3O3. The highest BCUT2D eigenvalue weighted by Crippen LogP contribution is 2.32. The van der Waals surface area contributed by atoms with Crippen molar-refractivity contribution in [3.05, 3.63) is 30.0 Å². The molecule has 124 valence electrons. The van der Waals surface area contributed by atoms with Gasteiger partial charge >= 0.3 is 12.4 Å². The van der Waals surface area contributed by atoms with E-state index in [9.17, 15) is 13.2 Å². The summed E-state index contributed by atoms with van der Waals surface area (Å²) in [6.45, 7) is 0.808. The zero-order valence-corrected chi connectivity index (χ0v) is 12.4. The second kappa shape index (κ2) is 5.65. The SMILES string of the molecule is CN1COCc2c1nc(Oc1cccc(OC(F)(F)F)c1)n2C. The fourth-order valence-electron chi connectivity index (χ4n) is 2.23. The van der Waals surface area contributed by atoms with Crippen LogP contribution in [0.1, 0.15) is 5.69 Å². The molecule has 0 bridgehead atoms. The summed E-state index contributed by atoms with van der Waals surface area (Å²) in [4.78, 5) is 6.17. The van der Waals surface area contributed by atoms with Crippen LogP contribution in [0.3, 0.4) is 0 Å². The van der Waals surface area contributed by atoms with Crippen LogP contribution in [0.2, 0.25) is 0 Å². The van der Waals surface area contributed by atoms with E-state index in [4.69, 9.17) is 9.47 Å². The summed E-state index contributed by atoms with van der Waals surface area (Å²) in [5.74, 6) is 0.562. The third kappa shape index (κ3) is 3.34. The standard InChI is InChI=1S/C14H14F3N3O3/c1-19-8-21-7-11-12(19)18-13(20(11)2)22-9-4-3-5-10(6-9)23-14(15,16)17/h3-6H,7-8H2,1-2H3. The number of alkyl halides is 3. The van der Waals surface area contributed by atoms with Gasteiger partial charge in [-0.25, -0.2) is 0 Å². The Morgan fingerprint density at radius 2 is 1.96 bits per heavy atom. The zero-order valence-electron chi connectivity index (χ0n) is 12.4. The maximum atomic E-state index is 12.3. The zero-order chi connectivity index (χ0) is 16.6. The van der Waals surface area contributed by atoms with Crippen molar-refractivity contribution in [3.63, 3.8) is 0 Å². The third-order valence-electron chi connectivity index (χ3n) is 3.28. The lowest BCUT2D eigenvalue weighted by atomic mass is 10.3. The van der Waals surface area contributed by atoms with Gasteiger partial charge in [-0.3, -0.25) is 4.57 Å². The van der Waals surface area contributed by atoms with Crippen LogP contribution >= 0.6 is 0 Å². The summed E-state index contributed by atoms with van der Waals surface area (Å²) >= 11 is 0. The minimum atomic E-state index is -4.75. The van der Waals surface area contributed by atoms with Gasteiger partial charge in [-0.2, -0.15) is 4.98 Å². The fraction of sp³-hybridized carbons (Fsp3) is 0.357. The maximum Gasteiger partial charge on any atom is 0.573 e. The van der Waals surface area contributed by atoms with Crippen LogP contribution < -0.4 is 14.4 Å². The van der Waals surface area contributed by atoms with Crippen molar-refractivity contribution >= 4 is 5.82 Å². The molecule has 0 fully saturated rings. The average molecular weight is 329 g/mol. The molecule has 2 aromatic rings. The molecular weight excluding hydrogens is 315 g/mol.